The molecule has 0 spiro atoms. The van der Waals surface area contributed by atoms with Gasteiger partial charge in [-0.2, -0.15) is 4.37 Å². The van der Waals surface area contributed by atoms with Gasteiger partial charge in [0.25, 0.3) is 0 Å². The van der Waals surface area contributed by atoms with E-state index in [-0.39, 0.29) is 10.8 Å². The summed E-state index contributed by atoms with van der Waals surface area (Å²) in [5, 5.41) is 0.281. The van der Waals surface area contributed by atoms with Crippen LogP contribution in [0, 0.1) is 0 Å². The summed E-state index contributed by atoms with van der Waals surface area (Å²) in [5.41, 5.74) is 0.296. The van der Waals surface area contributed by atoms with Gasteiger partial charge in [-0.3, -0.25) is 4.79 Å². The average molecular weight is 210 g/mol. The maximum atomic E-state index is 11.0. The van der Waals surface area contributed by atoms with E-state index >= 15 is 0 Å². The molecular formula is C6H5Cl2NOS. The third-order valence-electron chi connectivity index (χ3n) is 1.18. The summed E-state index contributed by atoms with van der Waals surface area (Å²) in [7, 11) is 0. The summed E-state index contributed by atoms with van der Waals surface area (Å²) in [6, 6.07) is 0. The van der Waals surface area contributed by atoms with Crippen LogP contribution in [0.5, 0.6) is 0 Å². The van der Waals surface area contributed by atoms with Crippen molar-refractivity contribution in [3.8, 4) is 0 Å². The van der Waals surface area contributed by atoms with Crippen molar-refractivity contribution in [2.75, 3.05) is 0 Å². The molecule has 0 N–H and O–H groups in total. The highest BCUT2D eigenvalue weighted by Gasteiger charge is 2.15. The number of rotatable bonds is 2. The fraction of sp³-hybridized carbons (Fsp3) is 0.333. The number of Topliss-reactive ketones (excluding diaryl/α,β-unsaturated/α-hetero) is 1. The van der Waals surface area contributed by atoms with Gasteiger partial charge >= 0.3 is 0 Å². The SMILES string of the molecule is CCC(=O)c1nsc(Cl)c1Cl. The molecular weight excluding hydrogens is 205 g/mol. The van der Waals surface area contributed by atoms with Crippen molar-refractivity contribution < 1.29 is 4.79 Å². The van der Waals surface area contributed by atoms with Crippen molar-refractivity contribution in [2.24, 2.45) is 0 Å². The van der Waals surface area contributed by atoms with Gasteiger partial charge in [-0.15, -0.1) is 0 Å². The van der Waals surface area contributed by atoms with Crippen molar-refractivity contribution >= 4 is 40.5 Å². The second-order valence-electron chi connectivity index (χ2n) is 1.90. The zero-order valence-electron chi connectivity index (χ0n) is 5.73. The molecule has 0 amide bonds. The van der Waals surface area contributed by atoms with Crippen molar-refractivity contribution in [2.45, 2.75) is 13.3 Å². The number of aromatic nitrogens is 1. The molecule has 1 aromatic heterocycles. The molecule has 0 aliphatic heterocycles. The number of hydrogen-bond acceptors (Lipinski definition) is 3. The van der Waals surface area contributed by atoms with Crippen LogP contribution in [0.4, 0.5) is 0 Å². The van der Waals surface area contributed by atoms with E-state index in [1.54, 1.807) is 6.92 Å². The van der Waals surface area contributed by atoms with Crippen molar-refractivity contribution in [3.63, 3.8) is 0 Å². The largest absolute Gasteiger partial charge is 0.292 e. The van der Waals surface area contributed by atoms with Gasteiger partial charge in [0.15, 0.2) is 5.78 Å². The zero-order chi connectivity index (χ0) is 8.43. The molecule has 60 valence electrons. The van der Waals surface area contributed by atoms with Crippen LogP contribution in [-0.2, 0) is 0 Å². The first-order valence-corrected chi connectivity index (χ1v) is 4.53. The predicted octanol–water partition coefficient (Wildman–Crippen LogP) is 3.04. The Balaban J connectivity index is 3.04. The Hall–Kier alpha value is -0.120. The molecule has 0 saturated heterocycles. The number of carbonyl (C=O) groups is 1. The molecule has 0 radical (unpaired) electrons. The molecule has 0 atom stereocenters. The standard InChI is InChI=1S/C6H5Cl2NOS/c1-2-3(10)5-4(7)6(8)11-9-5/h2H2,1H3. The van der Waals surface area contributed by atoms with Crippen LogP contribution in [0.2, 0.25) is 9.36 Å². The fourth-order valence-electron chi connectivity index (χ4n) is 0.600. The molecule has 0 unspecified atom stereocenters. The lowest BCUT2D eigenvalue weighted by Crippen LogP contribution is -1.96. The van der Waals surface area contributed by atoms with Gasteiger partial charge in [0.1, 0.15) is 15.1 Å². The van der Waals surface area contributed by atoms with E-state index in [2.05, 4.69) is 4.37 Å². The average Bonchev–Trinajstić information content (AvgIpc) is 2.32. The predicted molar refractivity (Wildman–Crippen MR) is 46.8 cm³/mol. The molecule has 11 heavy (non-hydrogen) atoms. The fourth-order valence-corrected chi connectivity index (χ4v) is 1.64. The highest BCUT2D eigenvalue weighted by atomic mass is 35.5. The van der Waals surface area contributed by atoms with Crippen LogP contribution >= 0.6 is 34.7 Å². The van der Waals surface area contributed by atoms with E-state index < -0.39 is 0 Å². The van der Waals surface area contributed by atoms with Crippen LogP contribution in [0.3, 0.4) is 0 Å². The normalized spacial score (nSPS) is 10.1. The summed E-state index contributed by atoms with van der Waals surface area (Å²) in [4.78, 5) is 11.0. The molecule has 1 rings (SSSR count). The van der Waals surface area contributed by atoms with E-state index in [1.165, 1.54) is 0 Å². The lowest BCUT2D eigenvalue weighted by Gasteiger charge is -1.89. The van der Waals surface area contributed by atoms with Crippen LogP contribution in [0.1, 0.15) is 23.8 Å². The first-order chi connectivity index (χ1) is 5.16. The van der Waals surface area contributed by atoms with Crippen LogP contribution < -0.4 is 0 Å². The lowest BCUT2D eigenvalue weighted by molar-refractivity contribution is 0.0984. The molecule has 0 fully saturated rings. The molecule has 0 saturated carbocycles. The second kappa shape index (κ2) is 3.52. The number of nitrogens with zero attached hydrogens (tertiary/aromatic N) is 1. The van der Waals surface area contributed by atoms with Crippen molar-refractivity contribution in [1.29, 1.82) is 0 Å². The van der Waals surface area contributed by atoms with E-state index in [4.69, 9.17) is 23.2 Å². The minimum absolute atomic E-state index is 0.0712. The Labute approximate surface area is 78.3 Å². The quantitative estimate of drug-likeness (QED) is 0.702. The highest BCUT2D eigenvalue weighted by molar-refractivity contribution is 7.11. The summed E-state index contributed by atoms with van der Waals surface area (Å²) in [6.07, 6.45) is 0.403. The first kappa shape index (κ1) is 8.97. The summed E-state index contributed by atoms with van der Waals surface area (Å²) < 4.78 is 4.19. The van der Waals surface area contributed by atoms with E-state index in [1.807, 2.05) is 0 Å². The summed E-state index contributed by atoms with van der Waals surface area (Å²) in [5.74, 6) is -0.0712. The monoisotopic (exact) mass is 209 g/mol. The second-order valence-corrected chi connectivity index (χ2v) is 3.65. The molecule has 2 nitrogen and oxygen atoms in total. The van der Waals surface area contributed by atoms with E-state index in [9.17, 15) is 4.79 Å². The van der Waals surface area contributed by atoms with E-state index in [0.717, 1.165) is 11.5 Å². The third-order valence-corrected chi connectivity index (χ3v) is 2.79. The minimum atomic E-state index is -0.0712. The summed E-state index contributed by atoms with van der Waals surface area (Å²) >= 11 is 12.3. The molecule has 0 aromatic carbocycles. The van der Waals surface area contributed by atoms with E-state index in [0.29, 0.717) is 16.5 Å². The molecule has 0 aliphatic carbocycles. The van der Waals surface area contributed by atoms with Gasteiger partial charge in [0.05, 0.1) is 0 Å². The molecule has 0 aliphatic rings. The van der Waals surface area contributed by atoms with Gasteiger partial charge in [-0.1, -0.05) is 30.1 Å². The lowest BCUT2D eigenvalue weighted by atomic mass is 10.2. The Morgan fingerprint density at radius 1 is 1.64 bits per heavy atom. The maximum absolute atomic E-state index is 11.0. The van der Waals surface area contributed by atoms with Gasteiger partial charge in [-0.05, 0) is 11.5 Å². The highest BCUT2D eigenvalue weighted by Crippen LogP contribution is 2.29. The third kappa shape index (κ3) is 1.72. The molecule has 5 heteroatoms. The summed E-state index contributed by atoms with van der Waals surface area (Å²) in [6.45, 7) is 1.76. The van der Waals surface area contributed by atoms with Gasteiger partial charge in [0, 0.05) is 6.42 Å². The van der Waals surface area contributed by atoms with Crippen molar-refractivity contribution in [3.05, 3.63) is 15.1 Å². The number of carbonyl (C=O) groups excluding carboxylic acids is 1. The topological polar surface area (TPSA) is 30.0 Å². The Morgan fingerprint density at radius 3 is 2.64 bits per heavy atom. The Morgan fingerprint density at radius 2 is 2.27 bits per heavy atom. The zero-order valence-corrected chi connectivity index (χ0v) is 8.06. The van der Waals surface area contributed by atoms with Gasteiger partial charge in [-0.25, -0.2) is 0 Å². The Bertz CT molecular complexity index is 284. The molecule has 1 aromatic rings. The number of halogens is 2. The Kier molecular flexibility index (Phi) is 2.87. The van der Waals surface area contributed by atoms with Gasteiger partial charge in [0.2, 0.25) is 0 Å². The number of ketones is 1. The van der Waals surface area contributed by atoms with Crippen molar-refractivity contribution in [1.82, 2.24) is 4.37 Å². The van der Waals surface area contributed by atoms with Crippen LogP contribution in [0.15, 0.2) is 0 Å². The number of hydrogen-bond donors (Lipinski definition) is 0. The smallest absolute Gasteiger partial charge is 0.183 e. The van der Waals surface area contributed by atoms with Crippen LogP contribution in [0.25, 0.3) is 0 Å². The maximum Gasteiger partial charge on any atom is 0.183 e. The first-order valence-electron chi connectivity index (χ1n) is 3.00. The molecule has 0 bridgehead atoms. The van der Waals surface area contributed by atoms with Crippen LogP contribution in [-0.4, -0.2) is 10.2 Å². The van der Waals surface area contributed by atoms with Gasteiger partial charge < -0.3 is 0 Å². The molecule has 1 heterocycles. The minimum Gasteiger partial charge on any atom is -0.292 e.